The Bertz CT molecular complexity index is 98.1. The van der Waals surface area contributed by atoms with Gasteiger partial charge in [0.15, 0.2) is 0 Å². The zero-order valence-electron chi connectivity index (χ0n) is 8.89. The lowest BCUT2D eigenvalue weighted by Gasteiger charge is -2.37. The van der Waals surface area contributed by atoms with E-state index in [0.29, 0.717) is 12.0 Å². The molecule has 0 heterocycles. The maximum Gasteiger partial charge on any atom is 0.0749 e. The van der Waals surface area contributed by atoms with E-state index in [9.17, 15) is 0 Å². The number of ether oxygens (including phenoxy) is 1. The van der Waals surface area contributed by atoms with Gasteiger partial charge in [0.05, 0.1) is 6.10 Å². The van der Waals surface area contributed by atoms with E-state index in [4.69, 9.17) is 10.5 Å². The standard InChI is InChI=1S/C10H23NO/c1-5-10(6-2,7-3)9(8-11)12-4/h9H,5-8,11H2,1-4H3. The summed E-state index contributed by atoms with van der Waals surface area (Å²) in [6.45, 7) is 7.28. The van der Waals surface area contributed by atoms with Gasteiger partial charge in [-0.2, -0.15) is 0 Å². The summed E-state index contributed by atoms with van der Waals surface area (Å²) in [6.07, 6.45) is 3.67. The maximum absolute atomic E-state index is 5.67. The van der Waals surface area contributed by atoms with E-state index in [0.717, 1.165) is 19.3 Å². The molecule has 0 fully saturated rings. The summed E-state index contributed by atoms with van der Waals surface area (Å²) >= 11 is 0. The molecule has 0 radical (unpaired) electrons. The molecule has 2 heteroatoms. The Hall–Kier alpha value is -0.0800. The number of methoxy groups -OCH3 is 1. The smallest absolute Gasteiger partial charge is 0.0749 e. The summed E-state index contributed by atoms with van der Waals surface area (Å²) < 4.78 is 5.41. The number of nitrogens with two attached hydrogens (primary N) is 1. The van der Waals surface area contributed by atoms with Crippen LogP contribution in [0.5, 0.6) is 0 Å². The van der Waals surface area contributed by atoms with Crippen LogP contribution in [-0.4, -0.2) is 19.8 Å². The van der Waals surface area contributed by atoms with E-state index >= 15 is 0 Å². The van der Waals surface area contributed by atoms with E-state index < -0.39 is 0 Å². The second-order valence-electron chi connectivity index (χ2n) is 3.38. The van der Waals surface area contributed by atoms with Crippen LogP contribution in [0.2, 0.25) is 0 Å². The van der Waals surface area contributed by atoms with Crippen molar-refractivity contribution in [3.05, 3.63) is 0 Å². The highest BCUT2D eigenvalue weighted by Crippen LogP contribution is 2.35. The predicted molar refractivity (Wildman–Crippen MR) is 53.2 cm³/mol. The topological polar surface area (TPSA) is 35.2 Å². The van der Waals surface area contributed by atoms with Crippen molar-refractivity contribution in [2.45, 2.75) is 46.1 Å². The van der Waals surface area contributed by atoms with Crippen LogP contribution in [0.3, 0.4) is 0 Å². The van der Waals surface area contributed by atoms with Crippen molar-refractivity contribution in [3.8, 4) is 0 Å². The Kier molecular flexibility index (Phi) is 5.51. The van der Waals surface area contributed by atoms with Gasteiger partial charge in [-0.05, 0) is 24.7 Å². The van der Waals surface area contributed by atoms with Gasteiger partial charge in [-0.1, -0.05) is 20.8 Å². The minimum absolute atomic E-state index is 0.220. The molecule has 0 aromatic heterocycles. The average molecular weight is 173 g/mol. The second kappa shape index (κ2) is 5.55. The fourth-order valence-electron chi connectivity index (χ4n) is 2.03. The second-order valence-corrected chi connectivity index (χ2v) is 3.38. The SMILES string of the molecule is CCC(CC)(CC)C(CN)OC. The molecule has 0 aromatic rings. The van der Waals surface area contributed by atoms with Crippen LogP contribution in [0.25, 0.3) is 0 Å². The van der Waals surface area contributed by atoms with Crippen molar-refractivity contribution in [3.63, 3.8) is 0 Å². The Morgan fingerprint density at radius 3 is 1.67 bits per heavy atom. The largest absolute Gasteiger partial charge is 0.380 e. The molecular weight excluding hydrogens is 150 g/mol. The molecule has 0 saturated heterocycles. The van der Waals surface area contributed by atoms with Crippen molar-refractivity contribution >= 4 is 0 Å². The third-order valence-electron chi connectivity index (χ3n) is 3.29. The van der Waals surface area contributed by atoms with Gasteiger partial charge >= 0.3 is 0 Å². The van der Waals surface area contributed by atoms with Crippen LogP contribution in [0.4, 0.5) is 0 Å². The molecule has 0 spiro atoms. The molecule has 0 aromatic carbocycles. The molecule has 0 aliphatic rings. The normalized spacial score (nSPS) is 14.8. The Labute approximate surface area is 76.5 Å². The first kappa shape index (κ1) is 11.9. The Morgan fingerprint density at radius 2 is 1.58 bits per heavy atom. The highest BCUT2D eigenvalue weighted by molar-refractivity contribution is 4.84. The molecule has 0 bridgehead atoms. The summed E-state index contributed by atoms with van der Waals surface area (Å²) in [5.41, 5.74) is 5.97. The van der Waals surface area contributed by atoms with E-state index in [1.165, 1.54) is 0 Å². The van der Waals surface area contributed by atoms with Crippen molar-refractivity contribution < 1.29 is 4.74 Å². The summed E-state index contributed by atoms with van der Waals surface area (Å²) in [7, 11) is 1.76. The average Bonchev–Trinajstić information content (AvgIpc) is 2.14. The van der Waals surface area contributed by atoms with Crippen LogP contribution in [0, 0.1) is 5.41 Å². The number of rotatable bonds is 6. The summed E-state index contributed by atoms with van der Waals surface area (Å²) in [4.78, 5) is 0. The van der Waals surface area contributed by atoms with E-state index in [1.807, 2.05) is 0 Å². The fraction of sp³-hybridized carbons (Fsp3) is 1.00. The highest BCUT2D eigenvalue weighted by atomic mass is 16.5. The zero-order chi connectivity index (χ0) is 9.61. The minimum Gasteiger partial charge on any atom is -0.380 e. The Balaban J connectivity index is 4.42. The fourth-order valence-corrected chi connectivity index (χ4v) is 2.03. The summed E-state index contributed by atoms with van der Waals surface area (Å²) in [5, 5.41) is 0. The molecule has 0 aliphatic carbocycles. The van der Waals surface area contributed by atoms with Gasteiger partial charge in [-0.15, -0.1) is 0 Å². The first-order chi connectivity index (χ1) is 5.70. The van der Waals surface area contributed by atoms with Crippen molar-refractivity contribution in [2.24, 2.45) is 11.1 Å². The predicted octanol–water partition coefficient (Wildman–Crippen LogP) is 2.18. The van der Waals surface area contributed by atoms with Gasteiger partial charge < -0.3 is 10.5 Å². The van der Waals surface area contributed by atoms with Gasteiger partial charge in [-0.25, -0.2) is 0 Å². The molecule has 0 aliphatic heterocycles. The highest BCUT2D eigenvalue weighted by Gasteiger charge is 2.32. The van der Waals surface area contributed by atoms with Gasteiger partial charge in [0.25, 0.3) is 0 Å². The van der Waals surface area contributed by atoms with Gasteiger partial charge in [0.2, 0.25) is 0 Å². The minimum atomic E-state index is 0.220. The maximum atomic E-state index is 5.67. The van der Waals surface area contributed by atoms with E-state index in [1.54, 1.807) is 7.11 Å². The van der Waals surface area contributed by atoms with E-state index in [-0.39, 0.29) is 6.10 Å². The molecular formula is C10H23NO. The van der Waals surface area contributed by atoms with Crippen LogP contribution >= 0.6 is 0 Å². The molecule has 0 saturated carbocycles. The molecule has 0 rings (SSSR count). The summed E-state index contributed by atoms with van der Waals surface area (Å²) in [5.74, 6) is 0. The third kappa shape index (κ3) is 2.20. The third-order valence-corrected chi connectivity index (χ3v) is 3.29. The lowest BCUT2D eigenvalue weighted by molar-refractivity contribution is -0.0149. The first-order valence-electron chi connectivity index (χ1n) is 4.93. The summed E-state index contributed by atoms with van der Waals surface area (Å²) in [6, 6.07) is 0. The van der Waals surface area contributed by atoms with Gasteiger partial charge in [0, 0.05) is 13.7 Å². The van der Waals surface area contributed by atoms with Gasteiger partial charge in [-0.3, -0.25) is 0 Å². The molecule has 1 unspecified atom stereocenters. The van der Waals surface area contributed by atoms with Crippen molar-refractivity contribution in [1.29, 1.82) is 0 Å². The quantitative estimate of drug-likeness (QED) is 0.668. The monoisotopic (exact) mass is 173 g/mol. The molecule has 2 nitrogen and oxygen atoms in total. The van der Waals surface area contributed by atoms with E-state index in [2.05, 4.69) is 20.8 Å². The molecule has 2 N–H and O–H groups in total. The van der Waals surface area contributed by atoms with Crippen molar-refractivity contribution in [2.75, 3.05) is 13.7 Å². The van der Waals surface area contributed by atoms with Crippen molar-refractivity contribution in [1.82, 2.24) is 0 Å². The van der Waals surface area contributed by atoms with Gasteiger partial charge in [0.1, 0.15) is 0 Å². The molecule has 12 heavy (non-hydrogen) atoms. The van der Waals surface area contributed by atoms with Crippen LogP contribution in [0.15, 0.2) is 0 Å². The number of hydrogen-bond donors (Lipinski definition) is 1. The Morgan fingerprint density at radius 1 is 1.17 bits per heavy atom. The van der Waals surface area contributed by atoms with Crippen LogP contribution in [-0.2, 0) is 4.74 Å². The molecule has 74 valence electrons. The number of hydrogen-bond acceptors (Lipinski definition) is 2. The zero-order valence-corrected chi connectivity index (χ0v) is 8.89. The lowest BCUT2D eigenvalue weighted by atomic mass is 9.75. The molecule has 1 atom stereocenters. The first-order valence-corrected chi connectivity index (χ1v) is 4.93. The molecule has 0 amide bonds. The lowest BCUT2D eigenvalue weighted by Crippen LogP contribution is -2.40. The van der Waals surface area contributed by atoms with Crippen LogP contribution < -0.4 is 5.73 Å². The van der Waals surface area contributed by atoms with Crippen LogP contribution in [0.1, 0.15) is 40.0 Å².